The van der Waals surface area contributed by atoms with E-state index in [2.05, 4.69) is 42.5 Å². The van der Waals surface area contributed by atoms with Gasteiger partial charge in [-0.25, -0.2) is 8.42 Å². The van der Waals surface area contributed by atoms with E-state index in [1.54, 1.807) is 28.6 Å². The number of hydrogen-bond acceptors (Lipinski definition) is 2. The quantitative estimate of drug-likeness (QED) is 0.629. The minimum Gasteiger partial charge on any atom is -0.266 e. The average molecular weight is 390 g/mol. The number of sulfonamides is 1. The molecule has 2 aliphatic rings. The normalized spacial score (nSPS) is 20.8. The van der Waals surface area contributed by atoms with Gasteiger partial charge in [-0.2, -0.15) is 0 Å². The molecule has 3 nitrogen and oxygen atoms in total. The maximum atomic E-state index is 13.0. The van der Waals surface area contributed by atoms with Crippen LogP contribution in [0.2, 0.25) is 0 Å². The Balaban J connectivity index is 1.35. The monoisotopic (exact) mass is 389 g/mol. The molecule has 2 atom stereocenters. The third-order valence-corrected chi connectivity index (χ3v) is 7.81. The molecule has 3 aromatic rings. The third-order valence-electron chi connectivity index (χ3n) is 5.98. The van der Waals surface area contributed by atoms with Crippen LogP contribution in [-0.4, -0.2) is 15.0 Å². The summed E-state index contributed by atoms with van der Waals surface area (Å²) in [5.74, 6) is 1.30. The predicted octanol–water partition coefficient (Wildman–Crippen LogP) is 4.78. The summed E-state index contributed by atoms with van der Waals surface area (Å²) in [4.78, 5) is 0.358. The highest BCUT2D eigenvalue weighted by atomic mass is 32.2. The Kier molecular flexibility index (Phi) is 4.24. The summed E-state index contributed by atoms with van der Waals surface area (Å²) in [7, 11) is -3.49. The molecule has 142 valence electrons. The Morgan fingerprint density at radius 3 is 2.36 bits per heavy atom. The standard InChI is InChI=1S/C24H23NO2S/c26-28(27,22-9-5-2-6-10-22)25-14-13-20-16-19(11-12-24(20)25)23-17-21(23)15-18-7-3-1-4-8-18/h1-12,16,21,23H,13-15,17H2. The van der Waals surface area contributed by atoms with Crippen LogP contribution >= 0.6 is 0 Å². The second kappa shape index (κ2) is 6.78. The number of fused-ring (bicyclic) bond motifs is 1. The molecule has 0 saturated heterocycles. The van der Waals surface area contributed by atoms with Crippen LogP contribution in [0.5, 0.6) is 0 Å². The van der Waals surface area contributed by atoms with Crippen molar-refractivity contribution in [2.75, 3.05) is 10.8 Å². The van der Waals surface area contributed by atoms with E-state index in [0.29, 0.717) is 23.3 Å². The lowest BCUT2D eigenvalue weighted by Crippen LogP contribution is -2.29. The third kappa shape index (κ3) is 3.12. The molecule has 0 spiro atoms. The highest BCUT2D eigenvalue weighted by Crippen LogP contribution is 2.50. The van der Waals surface area contributed by atoms with E-state index in [-0.39, 0.29) is 0 Å². The predicted molar refractivity (Wildman–Crippen MR) is 112 cm³/mol. The Hall–Kier alpha value is -2.59. The Labute approximate surface area is 166 Å². The fraction of sp³-hybridized carbons (Fsp3) is 0.250. The van der Waals surface area contributed by atoms with Crippen LogP contribution < -0.4 is 4.31 Å². The van der Waals surface area contributed by atoms with Gasteiger partial charge in [-0.1, -0.05) is 60.7 Å². The summed E-state index contributed by atoms with van der Waals surface area (Å²) in [6, 6.07) is 25.8. The van der Waals surface area contributed by atoms with Gasteiger partial charge in [-0.05, 0) is 66.0 Å². The van der Waals surface area contributed by atoms with Crippen molar-refractivity contribution in [3.8, 4) is 0 Å². The second-order valence-corrected chi connectivity index (χ2v) is 9.68. The molecule has 0 amide bonds. The summed E-state index contributed by atoms with van der Waals surface area (Å²) in [5, 5.41) is 0. The summed E-state index contributed by atoms with van der Waals surface area (Å²) in [6.07, 6.45) is 3.13. The van der Waals surface area contributed by atoms with Crippen LogP contribution in [0.4, 0.5) is 5.69 Å². The van der Waals surface area contributed by atoms with Crippen LogP contribution in [0.1, 0.15) is 29.0 Å². The molecule has 1 aliphatic heterocycles. The van der Waals surface area contributed by atoms with Gasteiger partial charge in [0.25, 0.3) is 10.0 Å². The minimum absolute atomic E-state index is 0.358. The number of nitrogens with zero attached hydrogens (tertiary/aromatic N) is 1. The van der Waals surface area contributed by atoms with E-state index in [0.717, 1.165) is 24.1 Å². The highest BCUT2D eigenvalue weighted by molar-refractivity contribution is 7.92. The fourth-order valence-electron chi connectivity index (χ4n) is 4.39. The lowest BCUT2D eigenvalue weighted by Gasteiger charge is -2.19. The molecular formula is C24H23NO2S. The molecule has 1 aliphatic carbocycles. The van der Waals surface area contributed by atoms with Crippen molar-refractivity contribution in [3.05, 3.63) is 95.6 Å². The zero-order valence-electron chi connectivity index (χ0n) is 15.7. The van der Waals surface area contributed by atoms with Crippen molar-refractivity contribution in [2.24, 2.45) is 5.92 Å². The van der Waals surface area contributed by atoms with E-state index in [4.69, 9.17) is 0 Å². The van der Waals surface area contributed by atoms with Gasteiger partial charge in [0.1, 0.15) is 0 Å². The molecule has 2 unspecified atom stereocenters. The molecule has 0 radical (unpaired) electrons. The zero-order valence-corrected chi connectivity index (χ0v) is 16.5. The Morgan fingerprint density at radius 1 is 0.893 bits per heavy atom. The molecule has 3 aromatic carbocycles. The molecule has 1 fully saturated rings. The Morgan fingerprint density at radius 2 is 1.61 bits per heavy atom. The topological polar surface area (TPSA) is 37.4 Å². The van der Waals surface area contributed by atoms with Gasteiger partial charge < -0.3 is 0 Å². The van der Waals surface area contributed by atoms with E-state index >= 15 is 0 Å². The minimum atomic E-state index is -3.49. The summed E-state index contributed by atoms with van der Waals surface area (Å²) in [5.41, 5.74) is 4.75. The van der Waals surface area contributed by atoms with Gasteiger partial charge >= 0.3 is 0 Å². The molecule has 0 bridgehead atoms. The van der Waals surface area contributed by atoms with Gasteiger partial charge in [-0.15, -0.1) is 0 Å². The molecular weight excluding hydrogens is 366 g/mol. The van der Waals surface area contributed by atoms with Crippen molar-refractivity contribution < 1.29 is 8.42 Å². The average Bonchev–Trinajstić information content (AvgIpc) is 3.35. The van der Waals surface area contributed by atoms with Gasteiger partial charge in [0.2, 0.25) is 0 Å². The first-order valence-electron chi connectivity index (χ1n) is 9.87. The van der Waals surface area contributed by atoms with Gasteiger partial charge in [0.05, 0.1) is 10.6 Å². The first kappa shape index (κ1) is 17.5. The number of rotatable bonds is 5. The molecule has 1 saturated carbocycles. The van der Waals surface area contributed by atoms with Gasteiger partial charge in [-0.3, -0.25) is 4.31 Å². The molecule has 0 N–H and O–H groups in total. The first-order valence-corrected chi connectivity index (χ1v) is 11.3. The largest absolute Gasteiger partial charge is 0.266 e. The van der Waals surface area contributed by atoms with Crippen LogP contribution in [0.15, 0.2) is 83.8 Å². The van der Waals surface area contributed by atoms with E-state index in [9.17, 15) is 8.42 Å². The summed E-state index contributed by atoms with van der Waals surface area (Å²) >= 11 is 0. The van der Waals surface area contributed by atoms with Crippen LogP contribution in [0, 0.1) is 5.92 Å². The maximum Gasteiger partial charge on any atom is 0.264 e. The highest BCUT2D eigenvalue weighted by Gasteiger charge is 2.39. The summed E-state index contributed by atoms with van der Waals surface area (Å²) < 4.78 is 27.6. The SMILES string of the molecule is O=S(=O)(c1ccccc1)N1CCc2cc(C3CC3Cc3ccccc3)ccc21. The molecule has 1 heterocycles. The van der Waals surface area contributed by atoms with Crippen molar-refractivity contribution in [2.45, 2.75) is 30.1 Å². The number of anilines is 1. The number of hydrogen-bond donors (Lipinski definition) is 0. The van der Waals surface area contributed by atoms with Crippen LogP contribution in [0.25, 0.3) is 0 Å². The van der Waals surface area contributed by atoms with Gasteiger partial charge in [0, 0.05) is 6.54 Å². The van der Waals surface area contributed by atoms with Crippen molar-refractivity contribution in [3.63, 3.8) is 0 Å². The van der Waals surface area contributed by atoms with E-state index in [1.807, 2.05) is 12.1 Å². The van der Waals surface area contributed by atoms with Crippen molar-refractivity contribution in [1.82, 2.24) is 0 Å². The maximum absolute atomic E-state index is 13.0. The molecule has 5 rings (SSSR count). The molecule has 0 aromatic heterocycles. The lowest BCUT2D eigenvalue weighted by molar-refractivity contribution is 0.592. The zero-order chi connectivity index (χ0) is 19.1. The fourth-order valence-corrected chi connectivity index (χ4v) is 5.91. The van der Waals surface area contributed by atoms with Gasteiger partial charge in [0.15, 0.2) is 0 Å². The number of benzene rings is 3. The van der Waals surface area contributed by atoms with Crippen LogP contribution in [-0.2, 0) is 22.9 Å². The smallest absolute Gasteiger partial charge is 0.264 e. The lowest BCUT2D eigenvalue weighted by atomic mass is 10.0. The Bertz CT molecular complexity index is 1090. The van der Waals surface area contributed by atoms with Crippen molar-refractivity contribution >= 4 is 15.7 Å². The second-order valence-electron chi connectivity index (χ2n) is 7.82. The first-order chi connectivity index (χ1) is 13.6. The van der Waals surface area contributed by atoms with E-state index < -0.39 is 10.0 Å². The molecule has 4 heteroatoms. The molecule has 28 heavy (non-hydrogen) atoms. The van der Waals surface area contributed by atoms with Crippen molar-refractivity contribution in [1.29, 1.82) is 0 Å². The summed E-state index contributed by atoms with van der Waals surface area (Å²) in [6.45, 7) is 0.522. The van der Waals surface area contributed by atoms with Crippen LogP contribution in [0.3, 0.4) is 0 Å². The van der Waals surface area contributed by atoms with E-state index in [1.165, 1.54) is 17.5 Å².